The number of hydrogen-bond acceptors (Lipinski definition) is 4. The highest BCUT2D eigenvalue weighted by atomic mass is 16.5. The Labute approximate surface area is 135 Å². The van der Waals surface area contributed by atoms with Crippen molar-refractivity contribution in [2.45, 2.75) is 26.2 Å². The highest BCUT2D eigenvalue weighted by Crippen LogP contribution is 2.41. The molecule has 2 aromatic rings. The molecule has 6 nitrogen and oxygen atoms in total. The highest BCUT2D eigenvalue weighted by Gasteiger charge is 2.31. The average Bonchev–Trinajstić information content (AvgIpc) is 2.81. The Morgan fingerprint density at radius 2 is 2.17 bits per heavy atom. The number of fused-ring (bicyclic) bond motifs is 1. The maximum atomic E-state index is 12.1. The van der Waals surface area contributed by atoms with E-state index in [1.807, 2.05) is 39.1 Å². The van der Waals surface area contributed by atoms with E-state index >= 15 is 0 Å². The zero-order valence-electron chi connectivity index (χ0n) is 13.8. The number of methoxy groups -OCH3 is 1. The van der Waals surface area contributed by atoms with Crippen molar-refractivity contribution in [3.05, 3.63) is 35.0 Å². The molecule has 2 heterocycles. The van der Waals surface area contributed by atoms with Crippen LogP contribution in [0.15, 0.2) is 18.2 Å². The molecular formula is C17H21N3O3. The van der Waals surface area contributed by atoms with Gasteiger partial charge in [-0.25, -0.2) is 0 Å². The van der Waals surface area contributed by atoms with Crippen LogP contribution in [0, 0.1) is 6.92 Å². The third kappa shape index (κ3) is 2.65. The molecule has 3 rings (SSSR count). The second kappa shape index (κ2) is 5.95. The summed E-state index contributed by atoms with van der Waals surface area (Å²) < 4.78 is 12.7. The Morgan fingerprint density at radius 1 is 1.39 bits per heavy atom. The van der Waals surface area contributed by atoms with Crippen LogP contribution in [0.3, 0.4) is 0 Å². The standard InChI is InChI=1S/C17H21N3O3/c1-5-23-14-8-11(6-7-13(14)22-4)12-9-15(21)18-17-16(12)10(2)19-20(17)3/h6-8,12H,5,9H2,1-4H3,(H,18,21)/t12-/m0/s1. The van der Waals surface area contributed by atoms with E-state index in [4.69, 9.17) is 9.47 Å². The number of rotatable bonds is 4. The van der Waals surface area contributed by atoms with Crippen LogP contribution in [0.5, 0.6) is 11.5 Å². The SMILES string of the molecule is CCOc1cc([C@@H]2CC(=O)Nc3c2c(C)nn3C)ccc1OC. The van der Waals surface area contributed by atoms with Crippen LogP contribution in [0.25, 0.3) is 0 Å². The number of nitrogens with zero attached hydrogens (tertiary/aromatic N) is 2. The van der Waals surface area contributed by atoms with Crippen LogP contribution in [0.2, 0.25) is 0 Å². The van der Waals surface area contributed by atoms with Crippen molar-refractivity contribution >= 4 is 11.7 Å². The van der Waals surface area contributed by atoms with Gasteiger partial charge in [-0.2, -0.15) is 5.10 Å². The molecular weight excluding hydrogens is 294 g/mol. The Hall–Kier alpha value is -2.50. The summed E-state index contributed by atoms with van der Waals surface area (Å²) in [5.41, 5.74) is 3.03. The Morgan fingerprint density at radius 3 is 2.87 bits per heavy atom. The van der Waals surface area contributed by atoms with Crippen LogP contribution in [0.1, 0.15) is 36.1 Å². The first kappa shape index (κ1) is 15.4. The predicted molar refractivity (Wildman–Crippen MR) is 87.2 cm³/mol. The number of hydrogen-bond donors (Lipinski definition) is 1. The molecule has 0 fully saturated rings. The van der Waals surface area contributed by atoms with Gasteiger partial charge in [-0.05, 0) is 31.5 Å². The summed E-state index contributed by atoms with van der Waals surface area (Å²) in [6, 6.07) is 5.83. The number of amides is 1. The molecule has 23 heavy (non-hydrogen) atoms. The molecule has 0 saturated heterocycles. The number of carbonyl (C=O) groups excluding carboxylic acids is 1. The normalized spacial score (nSPS) is 16.7. The minimum atomic E-state index is -0.0300. The highest BCUT2D eigenvalue weighted by molar-refractivity contribution is 5.94. The molecule has 0 saturated carbocycles. The molecule has 1 atom stereocenters. The zero-order valence-corrected chi connectivity index (χ0v) is 13.8. The lowest BCUT2D eigenvalue weighted by molar-refractivity contribution is -0.116. The minimum absolute atomic E-state index is 0.000669. The number of ether oxygens (including phenoxy) is 2. The fourth-order valence-electron chi connectivity index (χ4n) is 3.17. The minimum Gasteiger partial charge on any atom is -0.493 e. The van der Waals surface area contributed by atoms with Crippen molar-refractivity contribution in [2.24, 2.45) is 7.05 Å². The van der Waals surface area contributed by atoms with Gasteiger partial charge in [0.2, 0.25) is 5.91 Å². The van der Waals surface area contributed by atoms with Gasteiger partial charge in [0.05, 0.1) is 19.4 Å². The van der Waals surface area contributed by atoms with Crippen molar-refractivity contribution in [1.82, 2.24) is 9.78 Å². The van der Waals surface area contributed by atoms with Gasteiger partial charge < -0.3 is 14.8 Å². The van der Waals surface area contributed by atoms with E-state index < -0.39 is 0 Å². The van der Waals surface area contributed by atoms with E-state index in [1.54, 1.807) is 11.8 Å². The molecule has 0 radical (unpaired) electrons. The van der Waals surface area contributed by atoms with Gasteiger partial charge in [-0.3, -0.25) is 9.48 Å². The second-order valence-corrected chi connectivity index (χ2v) is 5.62. The summed E-state index contributed by atoms with van der Waals surface area (Å²) in [6.45, 7) is 4.46. The quantitative estimate of drug-likeness (QED) is 0.942. The third-order valence-corrected chi connectivity index (χ3v) is 4.15. The summed E-state index contributed by atoms with van der Waals surface area (Å²) in [4.78, 5) is 12.1. The van der Waals surface area contributed by atoms with Crippen molar-refractivity contribution in [3.63, 3.8) is 0 Å². The van der Waals surface area contributed by atoms with Gasteiger partial charge in [0, 0.05) is 24.9 Å². The number of aromatic nitrogens is 2. The van der Waals surface area contributed by atoms with Crippen molar-refractivity contribution in [2.75, 3.05) is 19.0 Å². The van der Waals surface area contributed by atoms with E-state index in [1.165, 1.54) is 0 Å². The maximum absolute atomic E-state index is 12.1. The van der Waals surface area contributed by atoms with Crippen LogP contribution >= 0.6 is 0 Å². The Kier molecular flexibility index (Phi) is 3.98. The van der Waals surface area contributed by atoms with Crippen LogP contribution < -0.4 is 14.8 Å². The first-order valence-electron chi connectivity index (χ1n) is 7.69. The number of benzene rings is 1. The summed E-state index contributed by atoms with van der Waals surface area (Å²) in [5, 5.41) is 7.36. The predicted octanol–water partition coefficient (Wildman–Crippen LogP) is 2.61. The fourth-order valence-corrected chi connectivity index (χ4v) is 3.17. The average molecular weight is 315 g/mol. The monoisotopic (exact) mass is 315 g/mol. The molecule has 1 aromatic carbocycles. The summed E-state index contributed by atoms with van der Waals surface area (Å²) >= 11 is 0. The topological polar surface area (TPSA) is 65.4 Å². The molecule has 6 heteroatoms. The molecule has 0 bridgehead atoms. The largest absolute Gasteiger partial charge is 0.493 e. The fraction of sp³-hybridized carbons (Fsp3) is 0.412. The van der Waals surface area contributed by atoms with E-state index in [2.05, 4.69) is 10.4 Å². The smallest absolute Gasteiger partial charge is 0.226 e. The molecule has 122 valence electrons. The number of anilines is 1. The Bertz CT molecular complexity index is 752. The van der Waals surface area contributed by atoms with E-state index in [-0.39, 0.29) is 11.8 Å². The lowest BCUT2D eigenvalue weighted by Gasteiger charge is -2.24. The number of aryl methyl sites for hydroxylation is 2. The third-order valence-electron chi connectivity index (χ3n) is 4.15. The van der Waals surface area contributed by atoms with Crippen molar-refractivity contribution in [1.29, 1.82) is 0 Å². The zero-order chi connectivity index (χ0) is 16.6. The van der Waals surface area contributed by atoms with Crippen molar-refractivity contribution in [3.8, 4) is 11.5 Å². The number of carbonyl (C=O) groups is 1. The molecule has 0 spiro atoms. The van der Waals surface area contributed by atoms with Gasteiger partial charge in [0.1, 0.15) is 5.82 Å². The van der Waals surface area contributed by atoms with Crippen molar-refractivity contribution < 1.29 is 14.3 Å². The van der Waals surface area contributed by atoms with E-state index in [9.17, 15) is 4.79 Å². The molecule has 0 aliphatic carbocycles. The molecule has 0 unspecified atom stereocenters. The van der Waals surface area contributed by atoms with Crippen LogP contribution in [-0.4, -0.2) is 29.4 Å². The van der Waals surface area contributed by atoms with Crippen LogP contribution in [0.4, 0.5) is 5.82 Å². The molecule has 1 aliphatic rings. The van der Waals surface area contributed by atoms with Gasteiger partial charge in [0.15, 0.2) is 11.5 Å². The summed E-state index contributed by atoms with van der Waals surface area (Å²) in [5.74, 6) is 2.13. The molecule has 1 amide bonds. The summed E-state index contributed by atoms with van der Waals surface area (Å²) in [7, 11) is 3.46. The lowest BCUT2D eigenvalue weighted by Crippen LogP contribution is -2.24. The second-order valence-electron chi connectivity index (χ2n) is 5.62. The number of nitrogens with one attached hydrogen (secondary N) is 1. The molecule has 1 N–H and O–H groups in total. The van der Waals surface area contributed by atoms with Gasteiger partial charge in [-0.1, -0.05) is 6.07 Å². The van der Waals surface area contributed by atoms with E-state index in [0.717, 1.165) is 22.6 Å². The lowest BCUT2D eigenvalue weighted by atomic mass is 9.85. The van der Waals surface area contributed by atoms with E-state index in [0.29, 0.717) is 24.5 Å². The first-order chi connectivity index (χ1) is 11.0. The van der Waals surface area contributed by atoms with Crippen LogP contribution in [-0.2, 0) is 11.8 Å². The van der Waals surface area contributed by atoms with Gasteiger partial charge >= 0.3 is 0 Å². The van der Waals surface area contributed by atoms with Gasteiger partial charge in [-0.15, -0.1) is 0 Å². The first-order valence-corrected chi connectivity index (χ1v) is 7.69. The van der Waals surface area contributed by atoms with Gasteiger partial charge in [0.25, 0.3) is 0 Å². The maximum Gasteiger partial charge on any atom is 0.226 e. The molecule has 1 aromatic heterocycles. The Balaban J connectivity index is 2.09. The summed E-state index contributed by atoms with van der Waals surface area (Å²) in [6.07, 6.45) is 0.400. The molecule has 1 aliphatic heterocycles.